The fraction of sp³-hybridized carbons (Fsp3) is 0.350. The minimum absolute atomic E-state index is 0.769. The van der Waals surface area contributed by atoms with Crippen LogP contribution in [0.2, 0.25) is 0 Å². The summed E-state index contributed by atoms with van der Waals surface area (Å²) >= 11 is 5.59. The van der Waals surface area contributed by atoms with E-state index in [1.165, 1.54) is 16.7 Å². The highest BCUT2D eigenvalue weighted by atomic mass is 32.1. The molecular weight excluding hydrogens is 332 g/mol. The molecule has 5 heteroatoms. The third-order valence-corrected chi connectivity index (χ3v) is 4.94. The molecule has 0 fully saturated rings. The van der Waals surface area contributed by atoms with Gasteiger partial charge in [0.1, 0.15) is 0 Å². The highest BCUT2D eigenvalue weighted by Gasteiger charge is 2.20. The SMILES string of the molecule is COc1cc2c(cc1OC)CN(C(=S)NCCc1ccccc1)CC2. The summed E-state index contributed by atoms with van der Waals surface area (Å²) in [6, 6.07) is 14.6. The molecular formula is C20H24N2O2S. The van der Waals surface area contributed by atoms with Crippen molar-refractivity contribution in [2.45, 2.75) is 19.4 Å². The standard InChI is InChI=1S/C20H24N2O2S/c1-23-18-12-16-9-11-22(14-17(16)13-19(18)24-2)20(25)21-10-8-15-6-4-3-5-7-15/h3-7,12-13H,8-11,14H2,1-2H3,(H,21,25). The van der Waals surface area contributed by atoms with Crippen molar-refractivity contribution in [3.63, 3.8) is 0 Å². The van der Waals surface area contributed by atoms with Crippen LogP contribution in [0.15, 0.2) is 42.5 Å². The zero-order chi connectivity index (χ0) is 17.6. The van der Waals surface area contributed by atoms with Crippen LogP contribution in [0.3, 0.4) is 0 Å². The topological polar surface area (TPSA) is 33.7 Å². The molecule has 4 nitrogen and oxygen atoms in total. The van der Waals surface area contributed by atoms with Crippen LogP contribution in [-0.2, 0) is 19.4 Å². The van der Waals surface area contributed by atoms with Crippen molar-refractivity contribution in [3.05, 3.63) is 59.2 Å². The monoisotopic (exact) mass is 356 g/mol. The van der Waals surface area contributed by atoms with Crippen LogP contribution in [0.1, 0.15) is 16.7 Å². The van der Waals surface area contributed by atoms with Gasteiger partial charge in [-0.3, -0.25) is 0 Å². The molecule has 1 N–H and O–H groups in total. The number of thiocarbonyl (C=S) groups is 1. The number of hydrogen-bond donors (Lipinski definition) is 1. The van der Waals surface area contributed by atoms with Crippen LogP contribution < -0.4 is 14.8 Å². The number of nitrogens with zero attached hydrogens (tertiary/aromatic N) is 1. The van der Waals surface area contributed by atoms with Crippen LogP contribution in [0.4, 0.5) is 0 Å². The Morgan fingerprint density at radius 2 is 1.76 bits per heavy atom. The highest BCUT2D eigenvalue weighted by molar-refractivity contribution is 7.80. The van der Waals surface area contributed by atoms with Crippen molar-refractivity contribution >= 4 is 17.3 Å². The summed E-state index contributed by atoms with van der Waals surface area (Å²) in [5.41, 5.74) is 3.87. The molecule has 132 valence electrons. The van der Waals surface area contributed by atoms with Gasteiger partial charge in [-0.25, -0.2) is 0 Å². The van der Waals surface area contributed by atoms with Gasteiger partial charge in [0.25, 0.3) is 0 Å². The lowest BCUT2D eigenvalue weighted by molar-refractivity contribution is 0.347. The van der Waals surface area contributed by atoms with Crippen LogP contribution in [0, 0.1) is 0 Å². The zero-order valence-corrected chi connectivity index (χ0v) is 15.6. The number of fused-ring (bicyclic) bond motifs is 1. The lowest BCUT2D eigenvalue weighted by atomic mass is 9.99. The molecule has 2 aromatic rings. The van der Waals surface area contributed by atoms with Gasteiger partial charge in [-0.15, -0.1) is 0 Å². The van der Waals surface area contributed by atoms with Crippen molar-refractivity contribution in [1.29, 1.82) is 0 Å². The third-order valence-electron chi connectivity index (χ3n) is 4.54. The van der Waals surface area contributed by atoms with Gasteiger partial charge in [-0.2, -0.15) is 0 Å². The Kier molecular flexibility index (Phi) is 5.76. The van der Waals surface area contributed by atoms with E-state index in [0.29, 0.717) is 0 Å². The molecule has 3 rings (SSSR count). The first-order chi connectivity index (χ1) is 12.2. The number of benzene rings is 2. The smallest absolute Gasteiger partial charge is 0.169 e. The minimum atomic E-state index is 0.769. The average molecular weight is 356 g/mol. The maximum atomic E-state index is 5.59. The summed E-state index contributed by atoms with van der Waals surface area (Å²) in [7, 11) is 3.34. The normalized spacial score (nSPS) is 13.1. The fourth-order valence-electron chi connectivity index (χ4n) is 3.13. The van der Waals surface area contributed by atoms with Crippen molar-refractivity contribution in [2.24, 2.45) is 0 Å². The molecule has 0 saturated carbocycles. The summed E-state index contributed by atoms with van der Waals surface area (Å²) in [5, 5.41) is 4.20. The van der Waals surface area contributed by atoms with Crippen molar-refractivity contribution in [2.75, 3.05) is 27.3 Å². The largest absolute Gasteiger partial charge is 0.493 e. The number of methoxy groups -OCH3 is 2. The maximum Gasteiger partial charge on any atom is 0.169 e. The van der Waals surface area contributed by atoms with E-state index in [4.69, 9.17) is 21.7 Å². The van der Waals surface area contributed by atoms with E-state index < -0.39 is 0 Å². The fourth-order valence-corrected chi connectivity index (χ4v) is 3.38. The first kappa shape index (κ1) is 17.5. The Morgan fingerprint density at radius 3 is 2.44 bits per heavy atom. The summed E-state index contributed by atoms with van der Waals surface area (Å²) < 4.78 is 10.8. The van der Waals surface area contributed by atoms with Crippen molar-refractivity contribution in [3.8, 4) is 11.5 Å². The van der Waals surface area contributed by atoms with Gasteiger partial charge in [0, 0.05) is 19.6 Å². The Morgan fingerprint density at radius 1 is 1.08 bits per heavy atom. The molecule has 0 saturated heterocycles. The number of rotatable bonds is 5. The minimum Gasteiger partial charge on any atom is -0.493 e. The first-order valence-corrected chi connectivity index (χ1v) is 8.92. The molecule has 1 aliphatic rings. The molecule has 2 aromatic carbocycles. The molecule has 0 bridgehead atoms. The molecule has 0 atom stereocenters. The lowest BCUT2D eigenvalue weighted by Gasteiger charge is -2.31. The average Bonchev–Trinajstić information content (AvgIpc) is 2.67. The Labute approximate surface area is 154 Å². The first-order valence-electron chi connectivity index (χ1n) is 8.51. The molecule has 25 heavy (non-hydrogen) atoms. The molecule has 0 spiro atoms. The van der Waals surface area contributed by atoms with E-state index in [9.17, 15) is 0 Å². The Balaban J connectivity index is 1.59. The van der Waals surface area contributed by atoms with Crippen molar-refractivity contribution in [1.82, 2.24) is 10.2 Å². The second kappa shape index (κ2) is 8.21. The van der Waals surface area contributed by atoms with Gasteiger partial charge in [-0.1, -0.05) is 30.3 Å². The summed E-state index contributed by atoms with van der Waals surface area (Å²) in [4.78, 5) is 2.22. The third kappa shape index (κ3) is 4.23. The van der Waals surface area contributed by atoms with E-state index in [2.05, 4.69) is 46.6 Å². The maximum absolute atomic E-state index is 5.59. The van der Waals surface area contributed by atoms with Crippen LogP contribution in [0.5, 0.6) is 11.5 Å². The van der Waals surface area contributed by atoms with E-state index >= 15 is 0 Å². The summed E-state index contributed by atoms with van der Waals surface area (Å²) in [5.74, 6) is 1.56. The predicted octanol–water partition coefficient (Wildman–Crippen LogP) is 3.18. The second-order valence-corrected chi connectivity index (χ2v) is 6.50. The molecule has 0 aromatic heterocycles. The predicted molar refractivity (Wildman–Crippen MR) is 104 cm³/mol. The molecule has 1 heterocycles. The molecule has 0 unspecified atom stereocenters. The molecule has 0 amide bonds. The highest BCUT2D eigenvalue weighted by Crippen LogP contribution is 2.33. The van der Waals surface area contributed by atoms with Gasteiger partial charge in [-0.05, 0) is 53.9 Å². The Hall–Kier alpha value is -2.27. The molecule has 0 radical (unpaired) electrons. The second-order valence-electron chi connectivity index (χ2n) is 6.11. The van der Waals surface area contributed by atoms with Crippen LogP contribution in [-0.4, -0.2) is 37.3 Å². The van der Waals surface area contributed by atoms with Crippen molar-refractivity contribution < 1.29 is 9.47 Å². The molecule has 0 aliphatic carbocycles. The summed E-state index contributed by atoms with van der Waals surface area (Å²) in [6.07, 6.45) is 1.92. The van der Waals surface area contributed by atoms with E-state index in [0.717, 1.165) is 49.1 Å². The van der Waals surface area contributed by atoms with E-state index in [1.54, 1.807) is 14.2 Å². The number of ether oxygens (including phenoxy) is 2. The van der Waals surface area contributed by atoms with E-state index in [-0.39, 0.29) is 0 Å². The van der Waals surface area contributed by atoms with Crippen LogP contribution >= 0.6 is 12.2 Å². The van der Waals surface area contributed by atoms with Gasteiger partial charge in [0.2, 0.25) is 0 Å². The number of hydrogen-bond acceptors (Lipinski definition) is 3. The van der Waals surface area contributed by atoms with Gasteiger partial charge in [0.15, 0.2) is 16.6 Å². The van der Waals surface area contributed by atoms with Gasteiger partial charge >= 0.3 is 0 Å². The van der Waals surface area contributed by atoms with Gasteiger partial charge in [0.05, 0.1) is 14.2 Å². The molecule has 1 aliphatic heterocycles. The van der Waals surface area contributed by atoms with Crippen LogP contribution in [0.25, 0.3) is 0 Å². The Bertz CT molecular complexity index is 734. The van der Waals surface area contributed by atoms with Gasteiger partial charge < -0.3 is 19.7 Å². The quantitative estimate of drug-likeness (QED) is 0.832. The van der Waals surface area contributed by atoms with E-state index in [1.807, 2.05) is 6.07 Å². The summed E-state index contributed by atoms with van der Waals surface area (Å²) in [6.45, 7) is 2.56. The lowest BCUT2D eigenvalue weighted by Crippen LogP contribution is -2.43. The number of nitrogens with one attached hydrogen (secondary N) is 1. The zero-order valence-electron chi connectivity index (χ0n) is 14.7.